The van der Waals surface area contributed by atoms with Gasteiger partial charge in [0.1, 0.15) is 12.1 Å². The number of aliphatic carboxylic acids is 2. The maximum atomic E-state index is 12.1. The SMILES string of the molecule is NC(=O)C[C@H](NC(=O)[C@@H]1CCCN1)C(=O)N[C@@H](CC(=O)O)C(=O)O. The molecular formula is C13H20N4O7. The van der Waals surface area contributed by atoms with E-state index in [2.05, 4.69) is 10.6 Å². The van der Waals surface area contributed by atoms with Crippen molar-refractivity contribution in [2.24, 2.45) is 5.73 Å². The van der Waals surface area contributed by atoms with Crippen LogP contribution in [0.2, 0.25) is 0 Å². The first-order valence-corrected chi connectivity index (χ1v) is 7.27. The average molecular weight is 344 g/mol. The van der Waals surface area contributed by atoms with E-state index in [0.29, 0.717) is 13.0 Å². The Bertz CT molecular complexity index is 530. The van der Waals surface area contributed by atoms with Gasteiger partial charge in [-0.2, -0.15) is 0 Å². The summed E-state index contributed by atoms with van der Waals surface area (Å²) < 4.78 is 0. The first kappa shape index (κ1) is 19.4. The monoisotopic (exact) mass is 344 g/mol. The predicted molar refractivity (Wildman–Crippen MR) is 78.6 cm³/mol. The first-order chi connectivity index (χ1) is 11.2. The van der Waals surface area contributed by atoms with Crippen LogP contribution in [-0.2, 0) is 24.0 Å². The second kappa shape index (κ2) is 8.82. The first-order valence-electron chi connectivity index (χ1n) is 7.27. The predicted octanol–water partition coefficient (Wildman–Crippen LogP) is -2.86. The van der Waals surface area contributed by atoms with Gasteiger partial charge in [0.15, 0.2) is 0 Å². The van der Waals surface area contributed by atoms with Gasteiger partial charge in [-0.1, -0.05) is 0 Å². The van der Waals surface area contributed by atoms with Crippen molar-refractivity contribution < 1.29 is 34.2 Å². The molecule has 11 heteroatoms. The molecule has 0 aromatic heterocycles. The van der Waals surface area contributed by atoms with Crippen LogP contribution in [0.4, 0.5) is 0 Å². The fourth-order valence-electron chi connectivity index (χ4n) is 2.24. The van der Waals surface area contributed by atoms with Crippen molar-refractivity contribution in [3.63, 3.8) is 0 Å². The van der Waals surface area contributed by atoms with Crippen LogP contribution >= 0.6 is 0 Å². The summed E-state index contributed by atoms with van der Waals surface area (Å²) in [6.45, 7) is 0.643. The molecule has 1 aliphatic rings. The van der Waals surface area contributed by atoms with Crippen molar-refractivity contribution in [1.82, 2.24) is 16.0 Å². The van der Waals surface area contributed by atoms with Crippen molar-refractivity contribution >= 4 is 29.7 Å². The molecule has 1 heterocycles. The van der Waals surface area contributed by atoms with Crippen LogP contribution in [0.15, 0.2) is 0 Å². The number of primary amides is 1. The molecule has 1 aliphatic heterocycles. The molecule has 0 aromatic rings. The van der Waals surface area contributed by atoms with Crippen LogP contribution in [0, 0.1) is 0 Å². The van der Waals surface area contributed by atoms with Crippen molar-refractivity contribution in [3.05, 3.63) is 0 Å². The molecule has 1 rings (SSSR count). The zero-order valence-electron chi connectivity index (χ0n) is 12.8. The molecule has 1 saturated heterocycles. The molecule has 0 aromatic carbocycles. The van der Waals surface area contributed by atoms with E-state index in [1.807, 2.05) is 5.32 Å². The zero-order chi connectivity index (χ0) is 18.3. The Morgan fingerprint density at radius 2 is 1.75 bits per heavy atom. The van der Waals surface area contributed by atoms with Crippen molar-refractivity contribution in [2.75, 3.05) is 6.54 Å². The molecule has 0 radical (unpaired) electrons. The number of hydrogen-bond acceptors (Lipinski definition) is 6. The topological polar surface area (TPSA) is 188 Å². The summed E-state index contributed by atoms with van der Waals surface area (Å²) in [5, 5.41) is 24.8. The molecule has 134 valence electrons. The van der Waals surface area contributed by atoms with E-state index in [9.17, 15) is 24.0 Å². The van der Waals surface area contributed by atoms with Crippen LogP contribution in [0.3, 0.4) is 0 Å². The van der Waals surface area contributed by atoms with Gasteiger partial charge < -0.3 is 31.9 Å². The summed E-state index contributed by atoms with van der Waals surface area (Å²) in [5.41, 5.74) is 5.04. The number of carboxylic acid groups (broad SMARTS) is 2. The molecule has 0 unspecified atom stereocenters. The summed E-state index contributed by atoms with van der Waals surface area (Å²) in [6.07, 6.45) is -0.0375. The van der Waals surface area contributed by atoms with Crippen LogP contribution < -0.4 is 21.7 Å². The van der Waals surface area contributed by atoms with Crippen molar-refractivity contribution in [2.45, 2.75) is 43.8 Å². The molecule has 7 N–H and O–H groups in total. The standard InChI is InChI=1S/C13H20N4O7/c14-9(18)4-7(16-11(21)6-2-1-3-15-6)12(22)17-8(13(23)24)5-10(19)20/h6-8,15H,1-5H2,(H2,14,18)(H,16,21)(H,17,22)(H,19,20)(H,23,24)/t6-,7-,8-/m0/s1. The lowest BCUT2D eigenvalue weighted by Gasteiger charge is -2.21. The quantitative estimate of drug-likeness (QED) is 0.257. The van der Waals surface area contributed by atoms with E-state index in [0.717, 1.165) is 6.42 Å². The van der Waals surface area contributed by atoms with E-state index >= 15 is 0 Å². The third kappa shape index (κ3) is 6.20. The molecule has 3 amide bonds. The van der Waals surface area contributed by atoms with Crippen LogP contribution in [0.1, 0.15) is 25.7 Å². The highest BCUT2D eigenvalue weighted by Crippen LogP contribution is 2.06. The minimum atomic E-state index is -1.69. The summed E-state index contributed by atoms with van der Waals surface area (Å²) in [6, 6.07) is -3.58. The van der Waals surface area contributed by atoms with Gasteiger partial charge in [-0.05, 0) is 19.4 Å². The molecule has 11 nitrogen and oxygen atoms in total. The summed E-state index contributed by atoms with van der Waals surface area (Å²) in [5.74, 6) is -5.35. The minimum Gasteiger partial charge on any atom is -0.481 e. The average Bonchev–Trinajstić information content (AvgIpc) is 2.98. The normalized spacial score (nSPS) is 19.1. The third-order valence-corrected chi connectivity index (χ3v) is 3.41. The smallest absolute Gasteiger partial charge is 0.326 e. The fourth-order valence-corrected chi connectivity index (χ4v) is 2.24. The Balaban J connectivity index is 2.75. The number of carbonyl (C=O) groups is 5. The number of rotatable bonds is 9. The molecule has 0 bridgehead atoms. The van der Waals surface area contributed by atoms with Crippen LogP contribution in [0.5, 0.6) is 0 Å². The summed E-state index contributed by atoms with van der Waals surface area (Å²) >= 11 is 0. The lowest BCUT2D eigenvalue weighted by Crippen LogP contribution is -2.55. The highest BCUT2D eigenvalue weighted by molar-refractivity contribution is 5.95. The molecular weight excluding hydrogens is 324 g/mol. The molecule has 0 spiro atoms. The third-order valence-electron chi connectivity index (χ3n) is 3.41. The van der Waals surface area contributed by atoms with Gasteiger partial charge in [-0.15, -0.1) is 0 Å². The Morgan fingerprint density at radius 1 is 1.08 bits per heavy atom. The second-order valence-electron chi connectivity index (χ2n) is 5.38. The van der Waals surface area contributed by atoms with Gasteiger partial charge in [-0.25, -0.2) is 4.79 Å². The van der Waals surface area contributed by atoms with E-state index in [4.69, 9.17) is 15.9 Å². The number of nitrogens with one attached hydrogen (secondary N) is 3. The summed E-state index contributed by atoms with van der Waals surface area (Å²) in [4.78, 5) is 56.8. The van der Waals surface area contributed by atoms with Gasteiger partial charge in [-0.3, -0.25) is 19.2 Å². The van der Waals surface area contributed by atoms with Gasteiger partial charge in [0.05, 0.1) is 18.9 Å². The zero-order valence-corrected chi connectivity index (χ0v) is 12.8. The highest BCUT2D eigenvalue weighted by Gasteiger charge is 2.31. The largest absolute Gasteiger partial charge is 0.481 e. The van der Waals surface area contributed by atoms with E-state index in [-0.39, 0.29) is 0 Å². The number of amides is 3. The number of carboxylic acids is 2. The van der Waals surface area contributed by atoms with Gasteiger partial charge in [0, 0.05) is 0 Å². The Kier molecular flexibility index (Phi) is 7.11. The fraction of sp³-hybridized carbons (Fsp3) is 0.615. The highest BCUT2D eigenvalue weighted by atomic mass is 16.4. The molecule has 24 heavy (non-hydrogen) atoms. The number of nitrogens with two attached hydrogens (primary N) is 1. The summed E-state index contributed by atoms with van der Waals surface area (Å²) in [7, 11) is 0. The molecule has 0 saturated carbocycles. The lowest BCUT2D eigenvalue weighted by molar-refractivity contribution is -0.147. The minimum absolute atomic E-state index is 0.512. The van der Waals surface area contributed by atoms with Crippen LogP contribution in [0.25, 0.3) is 0 Å². The maximum absolute atomic E-state index is 12.1. The van der Waals surface area contributed by atoms with E-state index < -0.39 is 60.6 Å². The Morgan fingerprint density at radius 3 is 2.21 bits per heavy atom. The lowest BCUT2D eigenvalue weighted by atomic mass is 10.1. The van der Waals surface area contributed by atoms with Crippen molar-refractivity contribution in [3.8, 4) is 0 Å². The number of carbonyl (C=O) groups excluding carboxylic acids is 3. The number of hydrogen-bond donors (Lipinski definition) is 6. The van der Waals surface area contributed by atoms with Crippen molar-refractivity contribution in [1.29, 1.82) is 0 Å². The Labute approximate surface area is 136 Å². The maximum Gasteiger partial charge on any atom is 0.326 e. The molecule has 1 fully saturated rings. The van der Waals surface area contributed by atoms with Gasteiger partial charge in [0.25, 0.3) is 0 Å². The van der Waals surface area contributed by atoms with Crippen LogP contribution in [-0.4, -0.2) is 64.5 Å². The van der Waals surface area contributed by atoms with E-state index in [1.165, 1.54) is 0 Å². The van der Waals surface area contributed by atoms with E-state index in [1.54, 1.807) is 0 Å². The molecule has 3 atom stereocenters. The molecule has 0 aliphatic carbocycles. The van der Waals surface area contributed by atoms with Gasteiger partial charge in [0.2, 0.25) is 17.7 Å². The van der Waals surface area contributed by atoms with Gasteiger partial charge >= 0.3 is 11.9 Å². The second-order valence-corrected chi connectivity index (χ2v) is 5.38. The Hall–Kier alpha value is -2.69.